The fourth-order valence-corrected chi connectivity index (χ4v) is 5.34. The summed E-state index contributed by atoms with van der Waals surface area (Å²) in [6.45, 7) is 9.87. The van der Waals surface area contributed by atoms with Gasteiger partial charge in [0.25, 0.3) is 0 Å². The molecular weight excluding hydrogens is 320 g/mol. The summed E-state index contributed by atoms with van der Waals surface area (Å²) in [6, 6.07) is 0. The van der Waals surface area contributed by atoms with Crippen LogP contribution in [0.2, 0.25) is 0 Å². The van der Waals surface area contributed by atoms with Gasteiger partial charge in [0.2, 0.25) is 0 Å². The van der Waals surface area contributed by atoms with Gasteiger partial charge < -0.3 is 15.3 Å². The van der Waals surface area contributed by atoms with Gasteiger partial charge in [0, 0.05) is 6.08 Å². The molecule has 0 saturated heterocycles. The Morgan fingerprint density at radius 3 is 2.48 bits per heavy atom. The minimum atomic E-state index is -1.14. The van der Waals surface area contributed by atoms with Gasteiger partial charge in [-0.1, -0.05) is 24.6 Å². The quantitative estimate of drug-likeness (QED) is 0.520. The number of fused-ring (bicyclic) bond motifs is 1. The van der Waals surface area contributed by atoms with E-state index in [1.165, 1.54) is 6.08 Å². The van der Waals surface area contributed by atoms with Crippen molar-refractivity contribution < 1.29 is 24.9 Å². The zero-order valence-electron chi connectivity index (χ0n) is 15.4. The van der Waals surface area contributed by atoms with Crippen molar-refractivity contribution >= 4 is 11.9 Å². The van der Waals surface area contributed by atoms with E-state index in [-0.39, 0.29) is 17.3 Å². The smallest absolute Gasteiger partial charge is 0.328 e. The fraction of sp³-hybridized carbons (Fsp3) is 0.700. The molecular formula is C20H30O5. The standard InChI is InChI=1S/C20H30O5/c1-12(11-17(22)23)5-7-14-13(2)6-8-15-19(14,3)10-9-16(21)20(15,4)18(24)25/h11,14-16,21H,2,5-10H2,1,3-4H3,(H,22,23)(H,24,25)/b12-11+/t14-,15+,16-,19+,20+/m0/s1. The molecule has 0 aromatic heterocycles. The minimum Gasteiger partial charge on any atom is -0.481 e. The highest BCUT2D eigenvalue weighted by atomic mass is 16.4. The van der Waals surface area contributed by atoms with Crippen molar-refractivity contribution in [1.29, 1.82) is 0 Å². The van der Waals surface area contributed by atoms with E-state index in [2.05, 4.69) is 13.5 Å². The van der Waals surface area contributed by atoms with E-state index in [0.29, 0.717) is 12.8 Å². The third-order valence-electron chi connectivity index (χ3n) is 6.87. The number of aliphatic hydroxyl groups is 1. The zero-order valence-corrected chi connectivity index (χ0v) is 15.4. The minimum absolute atomic E-state index is 0.111. The number of carbonyl (C=O) groups is 2. The lowest BCUT2D eigenvalue weighted by Crippen LogP contribution is -2.59. The molecule has 2 rings (SSSR count). The normalized spacial score (nSPS) is 39.0. The van der Waals surface area contributed by atoms with Crippen molar-refractivity contribution in [2.45, 2.75) is 65.4 Å². The van der Waals surface area contributed by atoms with Crippen molar-refractivity contribution in [3.8, 4) is 0 Å². The van der Waals surface area contributed by atoms with Gasteiger partial charge >= 0.3 is 11.9 Å². The second-order valence-electron chi connectivity index (χ2n) is 8.32. The summed E-state index contributed by atoms with van der Waals surface area (Å²) < 4.78 is 0. The van der Waals surface area contributed by atoms with E-state index in [1.54, 1.807) is 6.92 Å². The Bertz CT molecular complexity index is 607. The molecule has 2 aliphatic rings. The Labute approximate surface area is 149 Å². The molecule has 0 aliphatic heterocycles. The summed E-state index contributed by atoms with van der Waals surface area (Å²) in [4.78, 5) is 22.8. The van der Waals surface area contributed by atoms with Gasteiger partial charge in [-0.25, -0.2) is 4.79 Å². The van der Waals surface area contributed by atoms with Crippen LogP contribution in [0.3, 0.4) is 0 Å². The molecule has 5 heteroatoms. The molecule has 2 aliphatic carbocycles. The van der Waals surface area contributed by atoms with E-state index in [0.717, 1.165) is 36.8 Å². The molecule has 25 heavy (non-hydrogen) atoms. The molecule has 0 heterocycles. The summed E-state index contributed by atoms with van der Waals surface area (Å²) >= 11 is 0. The van der Waals surface area contributed by atoms with Crippen LogP contribution >= 0.6 is 0 Å². The van der Waals surface area contributed by atoms with Crippen molar-refractivity contribution in [1.82, 2.24) is 0 Å². The van der Waals surface area contributed by atoms with Crippen molar-refractivity contribution in [2.75, 3.05) is 0 Å². The summed E-state index contributed by atoms with van der Waals surface area (Å²) in [7, 11) is 0. The lowest BCUT2D eigenvalue weighted by Gasteiger charge is -2.58. The van der Waals surface area contributed by atoms with E-state index in [4.69, 9.17) is 5.11 Å². The van der Waals surface area contributed by atoms with Crippen molar-refractivity contribution in [3.63, 3.8) is 0 Å². The number of allylic oxidation sites excluding steroid dienone is 2. The van der Waals surface area contributed by atoms with E-state index in [9.17, 15) is 19.8 Å². The highest BCUT2D eigenvalue weighted by Gasteiger charge is 2.60. The van der Waals surface area contributed by atoms with Crippen LogP contribution in [0.1, 0.15) is 59.3 Å². The number of carboxylic acids is 2. The number of hydrogen-bond donors (Lipinski definition) is 3. The molecule has 0 bridgehead atoms. The first-order valence-corrected chi connectivity index (χ1v) is 9.02. The molecule has 140 valence electrons. The van der Waals surface area contributed by atoms with Crippen molar-refractivity contribution in [2.24, 2.45) is 22.7 Å². The Hall–Kier alpha value is -1.62. The Kier molecular flexibility index (Phi) is 5.47. The maximum Gasteiger partial charge on any atom is 0.328 e. The summed E-state index contributed by atoms with van der Waals surface area (Å²) in [5.41, 5.74) is 0.567. The third-order valence-corrected chi connectivity index (χ3v) is 6.87. The van der Waals surface area contributed by atoms with Crippen molar-refractivity contribution in [3.05, 3.63) is 23.8 Å². The molecule has 5 atom stereocenters. The van der Waals surface area contributed by atoms with Gasteiger partial charge in [-0.15, -0.1) is 0 Å². The first-order valence-electron chi connectivity index (χ1n) is 9.02. The average molecular weight is 350 g/mol. The first-order chi connectivity index (χ1) is 11.5. The maximum atomic E-state index is 12.0. The molecule has 0 radical (unpaired) electrons. The van der Waals surface area contributed by atoms with Crippen LogP contribution in [0.5, 0.6) is 0 Å². The molecule has 0 amide bonds. The van der Waals surface area contributed by atoms with Crippen LogP contribution in [0.15, 0.2) is 23.8 Å². The van der Waals surface area contributed by atoms with Crippen LogP contribution in [0.4, 0.5) is 0 Å². The van der Waals surface area contributed by atoms with Crippen LogP contribution < -0.4 is 0 Å². The first kappa shape index (κ1) is 19.7. The van der Waals surface area contributed by atoms with Crippen LogP contribution in [-0.4, -0.2) is 33.4 Å². The lowest BCUT2D eigenvalue weighted by molar-refractivity contribution is -0.183. The molecule has 3 N–H and O–H groups in total. The molecule has 0 aromatic carbocycles. The van der Waals surface area contributed by atoms with Gasteiger partial charge in [0.1, 0.15) is 0 Å². The fourth-order valence-electron chi connectivity index (χ4n) is 5.34. The predicted octanol–water partition coefficient (Wildman–Crippen LogP) is 3.63. The van der Waals surface area contributed by atoms with E-state index < -0.39 is 23.5 Å². The maximum absolute atomic E-state index is 12.0. The Balaban J connectivity index is 2.30. The number of rotatable bonds is 5. The number of carboxylic acid groups (broad SMARTS) is 2. The van der Waals surface area contributed by atoms with Gasteiger partial charge in [-0.05, 0) is 69.6 Å². The zero-order chi connectivity index (χ0) is 19.0. The number of aliphatic carboxylic acids is 2. The molecule has 2 saturated carbocycles. The Morgan fingerprint density at radius 1 is 1.28 bits per heavy atom. The van der Waals surface area contributed by atoms with Crippen LogP contribution in [0.25, 0.3) is 0 Å². The largest absolute Gasteiger partial charge is 0.481 e. The molecule has 5 nitrogen and oxygen atoms in total. The van der Waals surface area contributed by atoms with Gasteiger partial charge in [-0.3, -0.25) is 4.79 Å². The highest BCUT2D eigenvalue weighted by Crippen LogP contribution is 2.62. The molecule has 0 unspecified atom stereocenters. The monoisotopic (exact) mass is 350 g/mol. The number of hydrogen-bond acceptors (Lipinski definition) is 3. The summed E-state index contributed by atoms with van der Waals surface area (Å²) in [5, 5.41) is 29.2. The topological polar surface area (TPSA) is 94.8 Å². The van der Waals surface area contributed by atoms with E-state index >= 15 is 0 Å². The summed E-state index contributed by atoms with van der Waals surface area (Å²) in [5.74, 6) is -1.83. The van der Waals surface area contributed by atoms with E-state index in [1.807, 2.05) is 6.92 Å². The summed E-state index contributed by atoms with van der Waals surface area (Å²) in [6.07, 6.45) is 4.58. The SMILES string of the molecule is C=C1CC[C@@H]2[C@](C)(CC[C@H](O)[C@]2(C)C(=O)O)[C@H]1CC/C(C)=C/C(=O)O. The average Bonchev–Trinajstić information content (AvgIpc) is 2.49. The highest BCUT2D eigenvalue weighted by molar-refractivity contribution is 5.80. The second kappa shape index (κ2) is 6.94. The van der Waals surface area contributed by atoms with Gasteiger partial charge in [0.15, 0.2) is 0 Å². The van der Waals surface area contributed by atoms with Gasteiger partial charge in [-0.2, -0.15) is 0 Å². The predicted molar refractivity (Wildman–Crippen MR) is 95.1 cm³/mol. The molecule has 2 fully saturated rings. The van der Waals surface area contributed by atoms with Crippen LogP contribution in [0, 0.1) is 22.7 Å². The van der Waals surface area contributed by atoms with Gasteiger partial charge in [0.05, 0.1) is 11.5 Å². The Morgan fingerprint density at radius 2 is 1.92 bits per heavy atom. The molecule has 0 aromatic rings. The lowest BCUT2D eigenvalue weighted by atomic mass is 9.46. The second-order valence-corrected chi connectivity index (χ2v) is 8.32. The third kappa shape index (κ3) is 3.39. The number of aliphatic hydroxyl groups excluding tert-OH is 1. The van der Waals surface area contributed by atoms with Crippen LogP contribution in [-0.2, 0) is 9.59 Å². The molecule has 0 spiro atoms.